The predicted molar refractivity (Wildman–Crippen MR) is 196 cm³/mol. The average molecular weight is 605 g/mol. The van der Waals surface area contributed by atoms with Crippen molar-refractivity contribution in [2.24, 2.45) is 0 Å². The lowest BCUT2D eigenvalue weighted by Crippen LogP contribution is -1.92. The molecule has 8 rings (SSSR count). The van der Waals surface area contributed by atoms with Crippen LogP contribution in [0.1, 0.15) is 18.1 Å². The molecule has 0 aliphatic carbocycles. The number of benzene rings is 4. The van der Waals surface area contributed by atoms with Crippen LogP contribution in [0.4, 0.5) is 0 Å². The summed E-state index contributed by atoms with van der Waals surface area (Å²) in [6, 6.07) is 48.9. The van der Waals surface area contributed by atoms with Gasteiger partial charge in [0.1, 0.15) is 0 Å². The van der Waals surface area contributed by atoms with Crippen LogP contribution in [0.25, 0.3) is 79.0 Å². The molecule has 0 atom stereocenters. The Labute approximate surface area is 274 Å². The highest BCUT2D eigenvalue weighted by molar-refractivity contribution is 6.09. The normalized spacial score (nSPS) is 11.5. The Morgan fingerprint density at radius 3 is 1.77 bits per heavy atom. The summed E-state index contributed by atoms with van der Waals surface area (Å²) in [5, 5.41) is 2.62. The van der Waals surface area contributed by atoms with Gasteiger partial charge in [0, 0.05) is 40.7 Å². The molecule has 47 heavy (non-hydrogen) atoms. The number of pyridine rings is 3. The van der Waals surface area contributed by atoms with Crippen LogP contribution in [-0.2, 0) is 6.54 Å². The smallest absolute Gasteiger partial charge is 0.0894 e. The largest absolute Gasteiger partial charge is 0.341 e. The highest BCUT2D eigenvalue weighted by atomic mass is 15.0. The lowest BCUT2D eigenvalue weighted by molar-refractivity contribution is 0.827. The summed E-state index contributed by atoms with van der Waals surface area (Å²) in [7, 11) is 0. The molecule has 0 unspecified atom stereocenters. The fourth-order valence-electron chi connectivity index (χ4n) is 6.32. The van der Waals surface area contributed by atoms with E-state index in [1.165, 1.54) is 38.5 Å². The molecule has 4 aromatic carbocycles. The van der Waals surface area contributed by atoms with Gasteiger partial charge in [0.25, 0.3) is 0 Å². The maximum absolute atomic E-state index is 4.83. The van der Waals surface area contributed by atoms with Gasteiger partial charge >= 0.3 is 0 Å². The van der Waals surface area contributed by atoms with E-state index in [0.717, 1.165) is 46.0 Å². The SMILES string of the molecule is CCn1c2ccccc2c2cc(-c3ccc(/C=C/c4ccc(-c5ccnc(-c6cccc(-c7ccccn7)n6)c5)cc4)cc3)ccc21. The van der Waals surface area contributed by atoms with E-state index in [1.54, 1.807) is 6.20 Å². The van der Waals surface area contributed by atoms with Crippen molar-refractivity contribution in [3.05, 3.63) is 163 Å². The minimum absolute atomic E-state index is 0.824. The highest BCUT2D eigenvalue weighted by Gasteiger charge is 2.11. The van der Waals surface area contributed by atoms with Crippen molar-refractivity contribution >= 4 is 34.0 Å². The van der Waals surface area contributed by atoms with Crippen LogP contribution in [0.5, 0.6) is 0 Å². The van der Waals surface area contributed by atoms with Crippen molar-refractivity contribution in [1.29, 1.82) is 0 Å². The van der Waals surface area contributed by atoms with Crippen molar-refractivity contribution in [2.45, 2.75) is 13.5 Å². The molecule has 4 nitrogen and oxygen atoms in total. The Bertz CT molecular complexity index is 2370. The second kappa shape index (κ2) is 12.3. The molecule has 0 radical (unpaired) electrons. The minimum atomic E-state index is 0.824. The van der Waals surface area contributed by atoms with Crippen LogP contribution in [0.3, 0.4) is 0 Å². The second-order valence-corrected chi connectivity index (χ2v) is 11.6. The molecule has 4 heterocycles. The van der Waals surface area contributed by atoms with Gasteiger partial charge in [-0.3, -0.25) is 9.97 Å². The lowest BCUT2D eigenvalue weighted by Gasteiger charge is -2.07. The van der Waals surface area contributed by atoms with Crippen molar-refractivity contribution in [3.63, 3.8) is 0 Å². The van der Waals surface area contributed by atoms with Gasteiger partial charge in [-0.2, -0.15) is 0 Å². The van der Waals surface area contributed by atoms with E-state index in [9.17, 15) is 0 Å². The Morgan fingerprint density at radius 1 is 0.468 bits per heavy atom. The molecule has 0 spiro atoms. The van der Waals surface area contributed by atoms with E-state index in [1.807, 2.05) is 48.7 Å². The number of rotatable bonds is 7. The van der Waals surface area contributed by atoms with Crippen LogP contribution < -0.4 is 0 Å². The first-order valence-corrected chi connectivity index (χ1v) is 16.0. The zero-order valence-electron chi connectivity index (χ0n) is 26.1. The highest BCUT2D eigenvalue weighted by Crippen LogP contribution is 2.33. The zero-order chi connectivity index (χ0) is 31.6. The first kappa shape index (κ1) is 28.4. The molecule has 0 fully saturated rings. The number of hydrogen-bond donors (Lipinski definition) is 0. The summed E-state index contributed by atoms with van der Waals surface area (Å²) < 4.78 is 2.39. The van der Waals surface area contributed by atoms with E-state index >= 15 is 0 Å². The molecule has 4 aromatic heterocycles. The Kier molecular flexibility index (Phi) is 7.44. The quantitative estimate of drug-likeness (QED) is 0.170. The van der Waals surface area contributed by atoms with Crippen molar-refractivity contribution in [2.75, 3.05) is 0 Å². The van der Waals surface area contributed by atoms with Crippen LogP contribution in [0.2, 0.25) is 0 Å². The maximum atomic E-state index is 4.83. The number of aromatic nitrogens is 4. The van der Waals surface area contributed by atoms with Gasteiger partial charge < -0.3 is 4.57 Å². The summed E-state index contributed by atoms with van der Waals surface area (Å²) in [5.74, 6) is 0. The van der Waals surface area contributed by atoms with Crippen LogP contribution in [-0.4, -0.2) is 19.5 Å². The van der Waals surface area contributed by atoms with Crippen LogP contribution in [0, 0.1) is 0 Å². The number of fused-ring (bicyclic) bond motifs is 3. The van der Waals surface area contributed by atoms with E-state index in [-0.39, 0.29) is 0 Å². The summed E-state index contributed by atoms with van der Waals surface area (Å²) >= 11 is 0. The van der Waals surface area contributed by atoms with Gasteiger partial charge in [0.15, 0.2) is 0 Å². The molecule has 0 saturated carbocycles. The van der Waals surface area contributed by atoms with Gasteiger partial charge in [-0.1, -0.05) is 97.1 Å². The summed E-state index contributed by atoms with van der Waals surface area (Å²) in [6.45, 7) is 3.17. The van der Waals surface area contributed by atoms with Crippen LogP contribution in [0.15, 0.2) is 152 Å². The van der Waals surface area contributed by atoms with Gasteiger partial charge in [-0.05, 0) is 94.9 Å². The Balaban J connectivity index is 0.985. The van der Waals surface area contributed by atoms with Gasteiger partial charge in [-0.25, -0.2) is 4.98 Å². The van der Waals surface area contributed by atoms with Gasteiger partial charge in [-0.15, -0.1) is 0 Å². The predicted octanol–water partition coefficient (Wildman–Crippen LogP) is 10.8. The lowest BCUT2D eigenvalue weighted by atomic mass is 10.0. The number of para-hydroxylation sites is 1. The monoisotopic (exact) mass is 604 g/mol. The Hall–Kier alpha value is -6.13. The van der Waals surface area contributed by atoms with Gasteiger partial charge in [0.2, 0.25) is 0 Å². The molecule has 0 saturated heterocycles. The summed E-state index contributed by atoms with van der Waals surface area (Å²) in [5.41, 5.74) is 12.9. The minimum Gasteiger partial charge on any atom is -0.341 e. The fourth-order valence-corrected chi connectivity index (χ4v) is 6.32. The number of nitrogens with zero attached hydrogens (tertiary/aromatic N) is 4. The Morgan fingerprint density at radius 2 is 1.06 bits per heavy atom. The number of hydrogen-bond acceptors (Lipinski definition) is 3. The van der Waals surface area contributed by atoms with E-state index in [0.29, 0.717) is 0 Å². The average Bonchev–Trinajstić information content (AvgIpc) is 3.48. The second-order valence-electron chi connectivity index (χ2n) is 11.6. The van der Waals surface area contributed by atoms with E-state index in [4.69, 9.17) is 4.98 Å². The molecule has 224 valence electrons. The first-order chi connectivity index (χ1) is 23.2. The third-order valence-corrected chi connectivity index (χ3v) is 8.74. The summed E-state index contributed by atoms with van der Waals surface area (Å²) in [4.78, 5) is 13.9. The molecule has 0 aliphatic rings. The van der Waals surface area contributed by atoms with E-state index in [2.05, 4.69) is 131 Å². The van der Waals surface area contributed by atoms with Crippen molar-refractivity contribution < 1.29 is 0 Å². The molecular weight excluding hydrogens is 573 g/mol. The topological polar surface area (TPSA) is 43.6 Å². The standard InChI is InChI=1S/C43H32N4/c1-2-47-42-12-4-3-8-36(42)37-28-34(23-24-43(37)47)32-19-15-30(16-20-32)13-14-31-17-21-33(22-18-31)35-25-27-45-41(29-35)40-11-7-10-39(46-40)38-9-5-6-26-44-38/h3-29H,2H2,1H3/b14-13+. The van der Waals surface area contributed by atoms with Crippen molar-refractivity contribution in [3.8, 4) is 45.0 Å². The third kappa shape index (κ3) is 5.62. The fraction of sp³-hybridized carbons (Fsp3) is 0.0465. The molecule has 8 aromatic rings. The molecule has 0 bridgehead atoms. The van der Waals surface area contributed by atoms with Gasteiger partial charge in [0.05, 0.1) is 22.8 Å². The third-order valence-electron chi connectivity index (χ3n) is 8.74. The summed E-state index contributed by atoms with van der Waals surface area (Å²) in [6.07, 6.45) is 7.96. The molecule has 0 amide bonds. The van der Waals surface area contributed by atoms with Crippen LogP contribution >= 0.6 is 0 Å². The molecule has 0 aliphatic heterocycles. The maximum Gasteiger partial charge on any atom is 0.0894 e. The number of aryl methyl sites for hydroxylation is 1. The first-order valence-electron chi connectivity index (χ1n) is 16.0. The molecule has 4 heteroatoms. The zero-order valence-corrected chi connectivity index (χ0v) is 26.1. The van der Waals surface area contributed by atoms with Crippen molar-refractivity contribution in [1.82, 2.24) is 19.5 Å². The molecular formula is C43H32N4. The molecule has 0 N–H and O–H groups in total. The van der Waals surface area contributed by atoms with E-state index < -0.39 is 0 Å².